The van der Waals surface area contributed by atoms with Gasteiger partial charge in [-0.2, -0.15) is 0 Å². The highest BCUT2D eigenvalue weighted by atomic mass is 79.9. The minimum Gasteiger partial charge on any atom is -0.376 e. The summed E-state index contributed by atoms with van der Waals surface area (Å²) >= 11 is 3.37. The lowest BCUT2D eigenvalue weighted by Crippen LogP contribution is -2.50. The van der Waals surface area contributed by atoms with Gasteiger partial charge in [0.1, 0.15) is 5.54 Å². The van der Waals surface area contributed by atoms with E-state index in [0.29, 0.717) is 6.54 Å². The average Bonchev–Trinajstić information content (AvgIpc) is 2.89. The second-order valence-corrected chi connectivity index (χ2v) is 5.97. The number of ether oxygens (including phenoxy) is 1. The van der Waals surface area contributed by atoms with Gasteiger partial charge in [-0.3, -0.25) is 4.79 Å². The van der Waals surface area contributed by atoms with Crippen molar-refractivity contribution in [1.82, 2.24) is 5.32 Å². The first-order chi connectivity index (χ1) is 9.00. The molecule has 4 nitrogen and oxygen atoms in total. The van der Waals surface area contributed by atoms with Crippen LogP contribution in [0.25, 0.3) is 0 Å². The first-order valence-corrected chi connectivity index (χ1v) is 7.24. The number of benzene rings is 1. The monoisotopic (exact) mass is 362 g/mol. The van der Waals surface area contributed by atoms with Crippen molar-refractivity contribution < 1.29 is 9.53 Å². The number of carbonyl (C=O) groups excluding carboxylic acids is 1. The molecule has 1 fully saturated rings. The van der Waals surface area contributed by atoms with E-state index >= 15 is 0 Å². The Morgan fingerprint density at radius 1 is 1.50 bits per heavy atom. The molecule has 1 aliphatic rings. The van der Waals surface area contributed by atoms with E-state index in [2.05, 4.69) is 21.2 Å². The van der Waals surface area contributed by atoms with Crippen molar-refractivity contribution in [3.8, 4) is 0 Å². The standard InChI is InChI=1S/C14H19BrN2O2.ClH/c1-14(16,10-4-6-11(15)7-5-10)13(18)17-9-12-3-2-8-19-12;/h4-7,12H,2-3,8-9,16H2,1H3,(H,17,18);1H. The van der Waals surface area contributed by atoms with E-state index < -0.39 is 5.54 Å². The molecule has 0 spiro atoms. The lowest BCUT2D eigenvalue weighted by Gasteiger charge is -2.25. The molecule has 0 aromatic heterocycles. The predicted molar refractivity (Wildman–Crippen MR) is 84.9 cm³/mol. The zero-order chi connectivity index (χ0) is 13.9. The van der Waals surface area contributed by atoms with Gasteiger partial charge in [0.15, 0.2) is 0 Å². The van der Waals surface area contributed by atoms with Crippen LogP contribution >= 0.6 is 28.3 Å². The normalized spacial score (nSPS) is 20.9. The number of carbonyl (C=O) groups is 1. The third kappa shape index (κ3) is 4.19. The van der Waals surface area contributed by atoms with Gasteiger partial charge in [-0.05, 0) is 37.5 Å². The Labute approximate surface area is 134 Å². The molecule has 1 aliphatic heterocycles. The number of nitrogens with one attached hydrogen (secondary N) is 1. The molecule has 3 N–H and O–H groups in total. The van der Waals surface area contributed by atoms with Gasteiger partial charge in [0.05, 0.1) is 6.10 Å². The SMILES string of the molecule is CC(N)(C(=O)NCC1CCCO1)c1ccc(Br)cc1.Cl. The van der Waals surface area contributed by atoms with Gasteiger partial charge in [-0.25, -0.2) is 0 Å². The van der Waals surface area contributed by atoms with Crippen LogP contribution in [0.2, 0.25) is 0 Å². The summed E-state index contributed by atoms with van der Waals surface area (Å²) < 4.78 is 6.44. The van der Waals surface area contributed by atoms with Crippen LogP contribution < -0.4 is 11.1 Å². The summed E-state index contributed by atoms with van der Waals surface area (Å²) in [5, 5.41) is 2.88. The van der Waals surface area contributed by atoms with Crippen LogP contribution in [0.5, 0.6) is 0 Å². The quantitative estimate of drug-likeness (QED) is 0.863. The molecule has 1 heterocycles. The Bertz CT molecular complexity index is 445. The largest absolute Gasteiger partial charge is 0.376 e. The summed E-state index contributed by atoms with van der Waals surface area (Å²) in [4.78, 5) is 12.2. The molecule has 2 atom stereocenters. The molecule has 0 bridgehead atoms. The Balaban J connectivity index is 0.00000200. The molecule has 2 rings (SSSR count). The van der Waals surface area contributed by atoms with Crippen LogP contribution in [0.4, 0.5) is 0 Å². The molecular weight excluding hydrogens is 344 g/mol. The number of rotatable bonds is 4. The van der Waals surface area contributed by atoms with E-state index in [1.807, 2.05) is 24.3 Å². The molecule has 1 saturated heterocycles. The minimum absolute atomic E-state index is 0. The van der Waals surface area contributed by atoms with Gasteiger partial charge in [-0.1, -0.05) is 28.1 Å². The number of amides is 1. The van der Waals surface area contributed by atoms with Crippen LogP contribution in [0, 0.1) is 0 Å². The molecule has 1 aromatic carbocycles. The van der Waals surface area contributed by atoms with E-state index in [1.54, 1.807) is 6.92 Å². The summed E-state index contributed by atoms with van der Waals surface area (Å²) in [7, 11) is 0. The molecule has 112 valence electrons. The van der Waals surface area contributed by atoms with Crippen LogP contribution in [0.3, 0.4) is 0 Å². The van der Waals surface area contributed by atoms with Gasteiger partial charge in [0.25, 0.3) is 0 Å². The maximum absolute atomic E-state index is 12.2. The average molecular weight is 364 g/mol. The van der Waals surface area contributed by atoms with Crippen LogP contribution in [0.15, 0.2) is 28.7 Å². The zero-order valence-electron chi connectivity index (χ0n) is 11.4. The second kappa shape index (κ2) is 7.41. The van der Waals surface area contributed by atoms with Gasteiger partial charge in [-0.15, -0.1) is 12.4 Å². The van der Waals surface area contributed by atoms with E-state index in [4.69, 9.17) is 10.5 Å². The number of hydrogen-bond acceptors (Lipinski definition) is 3. The molecule has 1 aromatic rings. The fourth-order valence-corrected chi connectivity index (χ4v) is 2.39. The molecular formula is C14H20BrClN2O2. The topological polar surface area (TPSA) is 64.4 Å². The van der Waals surface area contributed by atoms with Crippen molar-refractivity contribution in [2.75, 3.05) is 13.2 Å². The molecule has 2 unspecified atom stereocenters. The third-order valence-electron chi connectivity index (χ3n) is 3.43. The fraction of sp³-hybridized carbons (Fsp3) is 0.500. The van der Waals surface area contributed by atoms with Gasteiger partial charge in [0.2, 0.25) is 5.91 Å². The van der Waals surface area contributed by atoms with E-state index in [9.17, 15) is 4.79 Å². The van der Waals surface area contributed by atoms with E-state index in [1.165, 1.54) is 0 Å². The van der Waals surface area contributed by atoms with Crippen molar-refractivity contribution in [2.45, 2.75) is 31.4 Å². The maximum Gasteiger partial charge on any atom is 0.244 e. The Morgan fingerprint density at radius 2 is 2.15 bits per heavy atom. The van der Waals surface area contributed by atoms with Crippen molar-refractivity contribution in [3.63, 3.8) is 0 Å². The predicted octanol–water partition coefficient (Wildman–Crippen LogP) is 2.34. The molecule has 0 saturated carbocycles. The summed E-state index contributed by atoms with van der Waals surface area (Å²) in [6, 6.07) is 7.48. The smallest absolute Gasteiger partial charge is 0.244 e. The Hall–Kier alpha value is -0.620. The molecule has 20 heavy (non-hydrogen) atoms. The maximum atomic E-state index is 12.2. The lowest BCUT2D eigenvalue weighted by molar-refractivity contribution is -0.126. The van der Waals surface area contributed by atoms with Crippen molar-refractivity contribution in [1.29, 1.82) is 0 Å². The van der Waals surface area contributed by atoms with Gasteiger partial charge < -0.3 is 15.8 Å². The number of nitrogens with two attached hydrogens (primary N) is 1. The highest BCUT2D eigenvalue weighted by Crippen LogP contribution is 2.21. The summed E-state index contributed by atoms with van der Waals surface area (Å²) in [6.45, 7) is 3.04. The fourth-order valence-electron chi connectivity index (χ4n) is 2.12. The van der Waals surface area contributed by atoms with Crippen LogP contribution in [-0.4, -0.2) is 25.2 Å². The summed E-state index contributed by atoms with van der Waals surface area (Å²) in [6.07, 6.45) is 2.19. The summed E-state index contributed by atoms with van der Waals surface area (Å²) in [5.41, 5.74) is 5.91. The number of halogens is 2. The van der Waals surface area contributed by atoms with Crippen molar-refractivity contribution >= 4 is 34.2 Å². The summed E-state index contributed by atoms with van der Waals surface area (Å²) in [5.74, 6) is -0.176. The van der Waals surface area contributed by atoms with Crippen molar-refractivity contribution in [3.05, 3.63) is 34.3 Å². The van der Waals surface area contributed by atoms with Crippen molar-refractivity contribution in [2.24, 2.45) is 5.73 Å². The number of hydrogen-bond donors (Lipinski definition) is 2. The van der Waals surface area contributed by atoms with Gasteiger partial charge >= 0.3 is 0 Å². The highest BCUT2D eigenvalue weighted by molar-refractivity contribution is 9.10. The first-order valence-electron chi connectivity index (χ1n) is 6.45. The molecule has 0 radical (unpaired) electrons. The Morgan fingerprint density at radius 3 is 2.70 bits per heavy atom. The Kier molecular flexibility index (Phi) is 6.45. The highest BCUT2D eigenvalue weighted by Gasteiger charge is 2.31. The lowest BCUT2D eigenvalue weighted by atomic mass is 9.92. The first kappa shape index (κ1) is 17.4. The minimum atomic E-state index is -1.03. The van der Waals surface area contributed by atoms with Gasteiger partial charge in [0, 0.05) is 17.6 Å². The van der Waals surface area contributed by atoms with Crippen LogP contribution in [0.1, 0.15) is 25.3 Å². The molecule has 1 amide bonds. The van der Waals surface area contributed by atoms with E-state index in [0.717, 1.165) is 29.5 Å². The van der Waals surface area contributed by atoms with E-state index in [-0.39, 0.29) is 24.4 Å². The molecule has 6 heteroatoms. The third-order valence-corrected chi connectivity index (χ3v) is 3.96. The zero-order valence-corrected chi connectivity index (χ0v) is 13.8. The second-order valence-electron chi connectivity index (χ2n) is 5.05. The van der Waals surface area contributed by atoms with Crippen LogP contribution in [-0.2, 0) is 15.1 Å². The molecule has 0 aliphatic carbocycles.